The van der Waals surface area contributed by atoms with Crippen molar-refractivity contribution in [2.45, 2.75) is 19.4 Å². The highest BCUT2D eigenvalue weighted by Crippen LogP contribution is 2.37. The maximum absolute atomic E-state index is 3.64. The average molecular weight is 250 g/mol. The second kappa shape index (κ2) is 4.10. The summed E-state index contributed by atoms with van der Waals surface area (Å²) in [7, 11) is 0. The standard InChI is InChI=1S/C17H18N2/c1-2-12-7-8-16-17-14(9-10-19(16)11-12)13-5-3-4-6-15(13)18-17/h2-8,16,18H,9-11H2,1H3/b12-2-. The van der Waals surface area contributed by atoms with Crippen LogP contribution in [0.15, 0.2) is 48.1 Å². The number of fused-ring (bicyclic) bond motifs is 5. The van der Waals surface area contributed by atoms with Crippen molar-refractivity contribution in [2.75, 3.05) is 13.1 Å². The van der Waals surface area contributed by atoms with E-state index in [4.69, 9.17) is 0 Å². The lowest BCUT2D eigenvalue weighted by Crippen LogP contribution is -2.37. The fourth-order valence-corrected chi connectivity index (χ4v) is 3.40. The number of benzene rings is 1. The Morgan fingerprint density at radius 3 is 3.11 bits per heavy atom. The van der Waals surface area contributed by atoms with Crippen molar-refractivity contribution in [3.05, 3.63) is 59.3 Å². The first-order valence-corrected chi connectivity index (χ1v) is 7.04. The Morgan fingerprint density at radius 2 is 2.21 bits per heavy atom. The third kappa shape index (κ3) is 1.60. The van der Waals surface area contributed by atoms with Crippen LogP contribution in [-0.4, -0.2) is 23.0 Å². The fraction of sp³-hybridized carbons (Fsp3) is 0.294. The fourth-order valence-electron chi connectivity index (χ4n) is 3.40. The molecular weight excluding hydrogens is 232 g/mol. The molecule has 0 spiro atoms. The van der Waals surface area contributed by atoms with Crippen molar-refractivity contribution in [3.8, 4) is 0 Å². The van der Waals surface area contributed by atoms with Crippen LogP contribution in [0.5, 0.6) is 0 Å². The molecule has 2 aliphatic rings. The first kappa shape index (κ1) is 11.1. The first-order chi connectivity index (χ1) is 9.36. The van der Waals surface area contributed by atoms with E-state index < -0.39 is 0 Å². The largest absolute Gasteiger partial charge is 0.357 e. The van der Waals surface area contributed by atoms with Crippen molar-refractivity contribution >= 4 is 10.9 Å². The second-order valence-corrected chi connectivity index (χ2v) is 5.45. The predicted octanol–water partition coefficient (Wildman–Crippen LogP) is 3.58. The maximum Gasteiger partial charge on any atom is 0.0693 e. The van der Waals surface area contributed by atoms with E-state index in [0.717, 1.165) is 19.5 Å². The average Bonchev–Trinajstić information content (AvgIpc) is 2.85. The number of para-hydroxylation sites is 1. The van der Waals surface area contributed by atoms with Crippen LogP contribution >= 0.6 is 0 Å². The number of hydrogen-bond acceptors (Lipinski definition) is 1. The van der Waals surface area contributed by atoms with Gasteiger partial charge in [0, 0.05) is 29.7 Å². The summed E-state index contributed by atoms with van der Waals surface area (Å²) in [6.07, 6.45) is 7.99. The number of nitrogens with one attached hydrogen (secondary N) is 1. The third-order valence-electron chi connectivity index (χ3n) is 4.43. The van der Waals surface area contributed by atoms with Crippen LogP contribution in [-0.2, 0) is 6.42 Å². The zero-order chi connectivity index (χ0) is 12.8. The van der Waals surface area contributed by atoms with Crippen LogP contribution in [0.4, 0.5) is 0 Å². The van der Waals surface area contributed by atoms with E-state index in [2.05, 4.69) is 59.3 Å². The number of hydrogen-bond donors (Lipinski definition) is 1. The quantitative estimate of drug-likeness (QED) is 0.757. The molecule has 1 N–H and O–H groups in total. The summed E-state index contributed by atoms with van der Waals surface area (Å²) in [6.45, 7) is 4.35. The molecule has 96 valence electrons. The van der Waals surface area contributed by atoms with Gasteiger partial charge in [-0.1, -0.05) is 36.4 Å². The van der Waals surface area contributed by atoms with Crippen molar-refractivity contribution in [1.82, 2.24) is 9.88 Å². The Bertz CT molecular complexity index is 690. The minimum absolute atomic E-state index is 0.430. The highest BCUT2D eigenvalue weighted by atomic mass is 15.2. The van der Waals surface area contributed by atoms with Crippen LogP contribution in [0.25, 0.3) is 10.9 Å². The minimum Gasteiger partial charge on any atom is -0.357 e. The monoisotopic (exact) mass is 250 g/mol. The first-order valence-electron chi connectivity index (χ1n) is 7.04. The maximum atomic E-state index is 3.64. The summed E-state index contributed by atoms with van der Waals surface area (Å²) in [5, 5.41) is 1.40. The molecular formula is C17H18N2. The molecule has 2 aliphatic heterocycles. The molecule has 3 heterocycles. The van der Waals surface area contributed by atoms with Crippen LogP contribution in [0.2, 0.25) is 0 Å². The van der Waals surface area contributed by atoms with Gasteiger partial charge in [0.1, 0.15) is 0 Å². The molecule has 4 rings (SSSR count). The Labute approximate surface area is 113 Å². The SMILES string of the molecule is C/C=C1/C=CC2c3[nH]c4ccccc4c3CCN2C1. The van der Waals surface area contributed by atoms with Gasteiger partial charge < -0.3 is 4.98 Å². The van der Waals surface area contributed by atoms with Crippen LogP contribution in [0.3, 0.4) is 0 Å². The molecule has 2 nitrogen and oxygen atoms in total. The van der Waals surface area contributed by atoms with E-state index in [-0.39, 0.29) is 0 Å². The molecule has 1 aromatic heterocycles. The van der Waals surface area contributed by atoms with Gasteiger partial charge in [0.15, 0.2) is 0 Å². The highest BCUT2D eigenvalue weighted by molar-refractivity contribution is 5.85. The molecule has 1 unspecified atom stereocenters. The zero-order valence-corrected chi connectivity index (χ0v) is 11.2. The van der Waals surface area contributed by atoms with Gasteiger partial charge in [0.2, 0.25) is 0 Å². The molecule has 2 heteroatoms. The van der Waals surface area contributed by atoms with E-state index >= 15 is 0 Å². The number of aromatic nitrogens is 1. The van der Waals surface area contributed by atoms with Crippen LogP contribution in [0, 0.1) is 0 Å². The molecule has 0 saturated carbocycles. The van der Waals surface area contributed by atoms with Crippen LogP contribution in [0.1, 0.15) is 24.2 Å². The highest BCUT2D eigenvalue weighted by Gasteiger charge is 2.30. The molecule has 0 bridgehead atoms. The smallest absolute Gasteiger partial charge is 0.0693 e. The summed E-state index contributed by atoms with van der Waals surface area (Å²) >= 11 is 0. The van der Waals surface area contributed by atoms with Crippen molar-refractivity contribution in [1.29, 1.82) is 0 Å². The van der Waals surface area contributed by atoms with Crippen molar-refractivity contribution in [3.63, 3.8) is 0 Å². The summed E-state index contributed by atoms with van der Waals surface area (Å²) < 4.78 is 0. The third-order valence-corrected chi connectivity index (χ3v) is 4.43. The Hall–Kier alpha value is -1.80. The minimum atomic E-state index is 0.430. The van der Waals surface area contributed by atoms with Crippen molar-refractivity contribution in [2.24, 2.45) is 0 Å². The lowest BCUT2D eigenvalue weighted by molar-refractivity contribution is 0.230. The van der Waals surface area contributed by atoms with Gasteiger partial charge in [0.05, 0.1) is 6.04 Å². The Morgan fingerprint density at radius 1 is 1.32 bits per heavy atom. The number of allylic oxidation sites excluding steroid dienone is 1. The Kier molecular flexibility index (Phi) is 2.39. The van der Waals surface area contributed by atoms with E-state index in [1.54, 1.807) is 0 Å². The molecule has 0 amide bonds. The number of aromatic amines is 1. The molecule has 0 fully saturated rings. The zero-order valence-electron chi connectivity index (χ0n) is 11.2. The van der Waals surface area contributed by atoms with E-state index in [0.29, 0.717) is 6.04 Å². The number of H-pyrrole nitrogens is 1. The van der Waals surface area contributed by atoms with Gasteiger partial charge >= 0.3 is 0 Å². The number of nitrogens with zero attached hydrogens (tertiary/aromatic N) is 1. The second-order valence-electron chi connectivity index (χ2n) is 5.45. The van der Waals surface area contributed by atoms with E-state index in [9.17, 15) is 0 Å². The molecule has 19 heavy (non-hydrogen) atoms. The molecule has 0 aliphatic carbocycles. The van der Waals surface area contributed by atoms with Gasteiger partial charge in [-0.3, -0.25) is 4.90 Å². The van der Waals surface area contributed by atoms with Crippen LogP contribution < -0.4 is 0 Å². The van der Waals surface area contributed by atoms with Crippen molar-refractivity contribution < 1.29 is 0 Å². The molecule has 0 saturated heterocycles. The summed E-state index contributed by atoms with van der Waals surface area (Å²) in [6, 6.07) is 9.10. The lowest BCUT2D eigenvalue weighted by atomic mass is 9.93. The summed E-state index contributed by atoms with van der Waals surface area (Å²) in [5.74, 6) is 0. The summed E-state index contributed by atoms with van der Waals surface area (Å²) in [5.41, 5.74) is 5.62. The summed E-state index contributed by atoms with van der Waals surface area (Å²) in [4.78, 5) is 6.20. The number of rotatable bonds is 0. The van der Waals surface area contributed by atoms with Gasteiger partial charge in [-0.05, 0) is 30.5 Å². The molecule has 2 aromatic rings. The van der Waals surface area contributed by atoms with E-state index in [1.165, 1.54) is 27.7 Å². The molecule has 0 radical (unpaired) electrons. The normalized spacial score (nSPS) is 24.7. The van der Waals surface area contributed by atoms with Gasteiger partial charge in [-0.25, -0.2) is 0 Å². The molecule has 1 aromatic carbocycles. The Balaban J connectivity index is 1.87. The van der Waals surface area contributed by atoms with E-state index in [1.807, 2.05) is 0 Å². The lowest BCUT2D eigenvalue weighted by Gasteiger charge is -2.37. The topological polar surface area (TPSA) is 19.0 Å². The van der Waals surface area contributed by atoms with Gasteiger partial charge in [-0.2, -0.15) is 0 Å². The molecule has 1 atom stereocenters. The van der Waals surface area contributed by atoms with Gasteiger partial charge in [0.25, 0.3) is 0 Å². The van der Waals surface area contributed by atoms with Gasteiger partial charge in [-0.15, -0.1) is 0 Å². The predicted molar refractivity (Wildman–Crippen MR) is 79.2 cm³/mol.